The van der Waals surface area contributed by atoms with Gasteiger partial charge < -0.3 is 4.42 Å². The van der Waals surface area contributed by atoms with E-state index in [-0.39, 0.29) is 17.6 Å². The van der Waals surface area contributed by atoms with Crippen LogP contribution in [0.2, 0.25) is 0 Å². The number of hydrogen-bond donors (Lipinski definition) is 1. The summed E-state index contributed by atoms with van der Waals surface area (Å²) >= 11 is 0. The summed E-state index contributed by atoms with van der Waals surface area (Å²) in [5, 5.41) is 4.02. The van der Waals surface area contributed by atoms with Gasteiger partial charge in [-0.25, -0.2) is 5.43 Å². The van der Waals surface area contributed by atoms with Crippen molar-refractivity contribution >= 4 is 12.1 Å². The topological polar surface area (TPSA) is 54.6 Å². The van der Waals surface area contributed by atoms with Crippen LogP contribution in [0.4, 0.5) is 13.2 Å². The van der Waals surface area contributed by atoms with Gasteiger partial charge in [0.25, 0.3) is 0 Å². The third-order valence-corrected chi connectivity index (χ3v) is 6.32. The molecule has 1 aromatic heterocycles. The lowest BCUT2D eigenvalue weighted by Crippen LogP contribution is -2.25. The minimum Gasteiger partial charge on any atom is -0.455 e. The summed E-state index contributed by atoms with van der Waals surface area (Å²) in [5.41, 5.74) is 3.89. The van der Waals surface area contributed by atoms with Gasteiger partial charge in [-0.15, -0.1) is 0 Å². The lowest BCUT2D eigenvalue weighted by molar-refractivity contribution is -0.137. The van der Waals surface area contributed by atoms with Gasteiger partial charge in [0.2, 0.25) is 5.91 Å². The Morgan fingerprint density at radius 3 is 2.20 bits per heavy atom. The average Bonchev–Trinajstić information content (AvgIpc) is 3.47. The van der Waals surface area contributed by atoms with Crippen molar-refractivity contribution in [2.24, 2.45) is 11.0 Å². The van der Waals surface area contributed by atoms with Crippen molar-refractivity contribution < 1.29 is 22.4 Å². The molecule has 1 heterocycles. The molecule has 176 valence electrons. The molecule has 1 saturated carbocycles. The molecule has 7 heteroatoms. The monoisotopic (exact) mass is 474 g/mol. The molecule has 0 radical (unpaired) electrons. The van der Waals surface area contributed by atoms with Gasteiger partial charge in [-0.05, 0) is 41.8 Å². The lowest BCUT2D eigenvalue weighted by Gasteiger charge is -2.18. The number of nitrogens with one attached hydrogen (secondary N) is 1. The van der Waals surface area contributed by atoms with Gasteiger partial charge in [-0.2, -0.15) is 18.3 Å². The lowest BCUT2D eigenvalue weighted by atomic mass is 9.85. The fourth-order valence-electron chi connectivity index (χ4n) is 4.52. The summed E-state index contributed by atoms with van der Waals surface area (Å²) in [4.78, 5) is 13.0. The fourth-order valence-corrected chi connectivity index (χ4v) is 4.52. The van der Waals surface area contributed by atoms with Gasteiger partial charge in [-0.3, -0.25) is 4.79 Å². The maximum Gasteiger partial charge on any atom is 0.416 e. The SMILES string of the molecule is O=C(N/N=C\c1ccc(-c2cccc(C(F)(F)F)c2)o1)[C@H]1CC1(c1ccccc1)c1ccccc1. The van der Waals surface area contributed by atoms with Crippen LogP contribution in [0.1, 0.15) is 28.9 Å². The molecule has 4 nitrogen and oxygen atoms in total. The molecule has 0 aliphatic heterocycles. The number of nitrogens with zero attached hydrogens (tertiary/aromatic N) is 1. The molecule has 1 aliphatic carbocycles. The quantitative estimate of drug-likeness (QED) is 0.259. The highest BCUT2D eigenvalue weighted by Crippen LogP contribution is 2.58. The Labute approximate surface area is 200 Å². The molecule has 0 spiro atoms. The van der Waals surface area contributed by atoms with Gasteiger partial charge in [0.15, 0.2) is 0 Å². The highest BCUT2D eigenvalue weighted by molar-refractivity contribution is 5.87. The zero-order valence-electron chi connectivity index (χ0n) is 18.5. The molecule has 0 saturated heterocycles. The normalized spacial score (nSPS) is 16.8. The van der Waals surface area contributed by atoms with E-state index in [9.17, 15) is 18.0 Å². The van der Waals surface area contributed by atoms with E-state index in [1.165, 1.54) is 18.3 Å². The van der Waals surface area contributed by atoms with Gasteiger partial charge in [0.1, 0.15) is 11.5 Å². The molecule has 1 atom stereocenters. The van der Waals surface area contributed by atoms with Crippen molar-refractivity contribution in [3.63, 3.8) is 0 Å². The maximum absolute atomic E-state index is 13.0. The first kappa shape index (κ1) is 22.7. The summed E-state index contributed by atoms with van der Waals surface area (Å²) in [7, 11) is 0. The number of benzene rings is 3. The second kappa shape index (κ2) is 8.91. The summed E-state index contributed by atoms with van der Waals surface area (Å²) in [5.74, 6) is 0.101. The van der Waals surface area contributed by atoms with Crippen molar-refractivity contribution in [3.05, 3.63) is 120 Å². The number of alkyl halides is 3. The van der Waals surface area contributed by atoms with Crippen LogP contribution in [-0.4, -0.2) is 12.1 Å². The average molecular weight is 474 g/mol. The van der Waals surface area contributed by atoms with Crippen LogP contribution in [-0.2, 0) is 16.4 Å². The summed E-state index contributed by atoms with van der Waals surface area (Å²) in [6.45, 7) is 0. The predicted molar refractivity (Wildman–Crippen MR) is 127 cm³/mol. The zero-order valence-corrected chi connectivity index (χ0v) is 18.5. The van der Waals surface area contributed by atoms with Gasteiger partial charge in [0, 0.05) is 11.0 Å². The van der Waals surface area contributed by atoms with Crippen LogP contribution in [0, 0.1) is 5.92 Å². The van der Waals surface area contributed by atoms with Crippen molar-refractivity contribution in [3.8, 4) is 11.3 Å². The smallest absolute Gasteiger partial charge is 0.416 e. The van der Waals surface area contributed by atoms with Crippen molar-refractivity contribution in [1.82, 2.24) is 5.43 Å². The number of halogens is 3. The molecule has 5 rings (SSSR count). The van der Waals surface area contributed by atoms with Gasteiger partial charge >= 0.3 is 6.18 Å². The summed E-state index contributed by atoms with van der Waals surface area (Å²) in [6, 6.07) is 27.9. The second-order valence-corrected chi connectivity index (χ2v) is 8.47. The molecule has 35 heavy (non-hydrogen) atoms. The van der Waals surface area contributed by atoms with Crippen molar-refractivity contribution in [2.75, 3.05) is 0 Å². The van der Waals surface area contributed by atoms with Crippen LogP contribution < -0.4 is 5.43 Å². The van der Waals surface area contributed by atoms with E-state index in [1.54, 1.807) is 12.1 Å². The van der Waals surface area contributed by atoms with Gasteiger partial charge in [0.05, 0.1) is 17.7 Å². The Hall–Kier alpha value is -4.13. The first-order chi connectivity index (χ1) is 16.9. The van der Waals surface area contributed by atoms with E-state index in [4.69, 9.17) is 4.42 Å². The number of hydrazone groups is 1. The Bertz CT molecular complexity index is 1320. The Morgan fingerprint density at radius 2 is 1.57 bits per heavy atom. The maximum atomic E-state index is 13.0. The molecule has 1 fully saturated rings. The first-order valence-electron chi connectivity index (χ1n) is 11.1. The van der Waals surface area contributed by atoms with Gasteiger partial charge in [-0.1, -0.05) is 72.8 Å². The zero-order chi connectivity index (χ0) is 24.5. The Morgan fingerprint density at radius 1 is 0.914 bits per heavy atom. The van der Waals surface area contributed by atoms with Crippen LogP contribution in [0.25, 0.3) is 11.3 Å². The number of furan rings is 1. The molecular formula is C28H21F3N2O2. The first-order valence-corrected chi connectivity index (χ1v) is 11.1. The molecule has 1 amide bonds. The van der Waals surface area contributed by atoms with Crippen LogP contribution >= 0.6 is 0 Å². The van der Waals surface area contributed by atoms with E-state index in [0.29, 0.717) is 17.7 Å². The minimum atomic E-state index is -4.44. The van der Waals surface area contributed by atoms with Crippen LogP contribution in [0.3, 0.4) is 0 Å². The van der Waals surface area contributed by atoms with Crippen LogP contribution in [0.5, 0.6) is 0 Å². The Kier molecular flexibility index (Phi) is 5.76. The molecule has 1 N–H and O–H groups in total. The predicted octanol–water partition coefficient (Wildman–Crippen LogP) is 6.42. The highest BCUT2D eigenvalue weighted by Gasteiger charge is 2.60. The third kappa shape index (κ3) is 4.49. The highest BCUT2D eigenvalue weighted by atomic mass is 19.4. The molecule has 0 bridgehead atoms. The molecule has 4 aromatic rings. The van der Waals surface area contributed by atoms with Crippen molar-refractivity contribution in [1.29, 1.82) is 0 Å². The molecular weight excluding hydrogens is 453 g/mol. The third-order valence-electron chi connectivity index (χ3n) is 6.32. The van der Waals surface area contributed by atoms with E-state index in [2.05, 4.69) is 10.5 Å². The Balaban J connectivity index is 1.29. The van der Waals surface area contributed by atoms with E-state index >= 15 is 0 Å². The minimum absolute atomic E-state index is 0.210. The van der Waals surface area contributed by atoms with Crippen molar-refractivity contribution in [2.45, 2.75) is 18.0 Å². The largest absolute Gasteiger partial charge is 0.455 e. The number of hydrogen-bond acceptors (Lipinski definition) is 3. The number of rotatable bonds is 6. The number of carbonyl (C=O) groups excluding carboxylic acids is 1. The summed E-state index contributed by atoms with van der Waals surface area (Å²) < 4.78 is 44.5. The van der Waals surface area contributed by atoms with Crippen LogP contribution in [0.15, 0.2) is 107 Å². The molecule has 1 aliphatic rings. The molecule has 3 aromatic carbocycles. The number of carbonyl (C=O) groups is 1. The van der Waals surface area contributed by atoms with E-state index in [0.717, 1.165) is 23.3 Å². The molecule has 0 unspecified atom stereocenters. The second-order valence-electron chi connectivity index (χ2n) is 8.47. The standard InChI is InChI=1S/C28H21F3N2O2/c29-28(30,31)22-13-7-8-19(16-22)25-15-14-23(35-25)18-32-33-26(34)24-17-27(24,20-9-3-1-4-10-20)21-11-5-2-6-12-21/h1-16,18,24H,17H2,(H,33,34)/b32-18-/t24-/m1/s1. The van der Waals surface area contributed by atoms with E-state index < -0.39 is 17.2 Å². The van der Waals surface area contributed by atoms with E-state index in [1.807, 2.05) is 60.7 Å². The summed E-state index contributed by atoms with van der Waals surface area (Å²) in [6.07, 6.45) is -2.43. The fraction of sp³-hybridized carbons (Fsp3) is 0.143. The number of amides is 1.